The first-order valence-electron chi connectivity index (χ1n) is 12.2. The van der Waals surface area contributed by atoms with Gasteiger partial charge in [0.25, 0.3) is 5.91 Å². The predicted octanol–water partition coefficient (Wildman–Crippen LogP) is 4.54. The molecule has 1 aromatic heterocycles. The molecule has 0 atom stereocenters. The van der Waals surface area contributed by atoms with Gasteiger partial charge in [-0.2, -0.15) is 13.2 Å². The summed E-state index contributed by atoms with van der Waals surface area (Å²) in [5.74, 6) is 1.38. The number of nitrogens with one attached hydrogen (secondary N) is 1. The largest absolute Gasteiger partial charge is 0.444 e. The summed E-state index contributed by atoms with van der Waals surface area (Å²) in [5.41, 5.74) is -1.37. The van der Waals surface area contributed by atoms with Gasteiger partial charge < -0.3 is 15.0 Å². The normalized spacial score (nSPS) is 16.6. The minimum atomic E-state index is -4.87. The Labute approximate surface area is 213 Å². The van der Waals surface area contributed by atoms with Crippen molar-refractivity contribution in [2.24, 2.45) is 0 Å². The molecule has 1 fully saturated rings. The molecule has 3 heterocycles. The number of hydrogen-bond donors (Lipinski definition) is 1. The van der Waals surface area contributed by atoms with Crippen molar-refractivity contribution < 1.29 is 27.5 Å². The van der Waals surface area contributed by atoms with Crippen LogP contribution in [-0.2, 0) is 17.5 Å². The zero-order valence-electron chi connectivity index (χ0n) is 20.6. The van der Waals surface area contributed by atoms with E-state index in [9.17, 15) is 22.8 Å². The van der Waals surface area contributed by atoms with E-state index in [1.807, 2.05) is 24.3 Å². The number of carbonyl (C=O) groups excluding carboxylic acids is 2. The minimum Gasteiger partial charge on any atom is -0.444 e. The summed E-state index contributed by atoms with van der Waals surface area (Å²) in [4.78, 5) is 36.4. The van der Waals surface area contributed by atoms with Crippen molar-refractivity contribution in [1.82, 2.24) is 15.3 Å². The Morgan fingerprint density at radius 3 is 2.51 bits per heavy atom. The number of cyclic esters (lactones) is 1. The molecule has 0 saturated carbocycles. The number of alkyl halides is 3. The maximum atomic E-state index is 13.9. The fraction of sp³-hybridized carbons (Fsp3) is 0.462. The number of amides is 2. The summed E-state index contributed by atoms with van der Waals surface area (Å²) in [6.07, 6.45) is 2.81. The molecule has 2 aromatic rings. The number of ether oxygens (including phenoxy) is 1. The van der Waals surface area contributed by atoms with Crippen LogP contribution < -0.4 is 15.1 Å². The van der Waals surface area contributed by atoms with E-state index >= 15 is 0 Å². The van der Waals surface area contributed by atoms with E-state index in [1.165, 1.54) is 0 Å². The maximum Gasteiger partial charge on any atom is 0.434 e. The van der Waals surface area contributed by atoms with Crippen LogP contribution in [0.3, 0.4) is 0 Å². The number of piperidine rings is 1. The smallest absolute Gasteiger partial charge is 0.434 e. The topological polar surface area (TPSA) is 87.7 Å². The Bertz CT molecular complexity index is 1210. The van der Waals surface area contributed by atoms with E-state index in [-0.39, 0.29) is 18.6 Å². The number of aromatic nitrogens is 2. The molecule has 1 saturated heterocycles. The Kier molecular flexibility index (Phi) is 7.30. The van der Waals surface area contributed by atoms with Crippen LogP contribution in [0.4, 0.5) is 29.6 Å². The number of para-hydroxylation sites is 1. The summed E-state index contributed by atoms with van der Waals surface area (Å²) < 4.78 is 47.1. The van der Waals surface area contributed by atoms with E-state index in [2.05, 4.69) is 21.2 Å². The number of carbonyl (C=O) groups is 2. The number of anilines is 2. The van der Waals surface area contributed by atoms with E-state index in [1.54, 1.807) is 23.6 Å². The Morgan fingerprint density at radius 2 is 1.89 bits per heavy atom. The highest BCUT2D eigenvalue weighted by atomic mass is 19.4. The molecule has 2 amide bonds. The highest BCUT2D eigenvalue weighted by Gasteiger charge is 2.40. The molecule has 2 aliphatic heterocycles. The molecule has 4 rings (SSSR count). The van der Waals surface area contributed by atoms with Crippen LogP contribution in [0, 0.1) is 12.3 Å². The number of terminal acetylenes is 1. The summed E-state index contributed by atoms with van der Waals surface area (Å²) >= 11 is 0. The first kappa shape index (κ1) is 26.3. The number of hydrogen-bond acceptors (Lipinski definition) is 6. The average Bonchev–Trinajstić information content (AvgIpc) is 2.91. The molecule has 0 aliphatic carbocycles. The summed E-state index contributed by atoms with van der Waals surface area (Å²) in [6, 6.07) is 7.28. The fourth-order valence-electron chi connectivity index (χ4n) is 4.70. The van der Waals surface area contributed by atoms with Crippen molar-refractivity contribution in [3.63, 3.8) is 0 Å². The van der Waals surface area contributed by atoms with Crippen LogP contribution in [0.1, 0.15) is 61.1 Å². The lowest BCUT2D eigenvalue weighted by Crippen LogP contribution is -2.50. The zero-order chi connectivity index (χ0) is 26.8. The standard InChI is InChI=1S/C26H28F3N5O3/c1-4-25(5-2,6-3)32-22(35)19-15-30-23(31-21(19)26(27,28)29)33-13-11-18(12-14-33)34-20-10-8-7-9-17(20)16-37-24(34)36/h1,7-10,15,18H,5-6,11-14,16H2,2-3H3,(H,32,35). The van der Waals surface area contributed by atoms with Crippen molar-refractivity contribution in [3.05, 3.63) is 47.3 Å². The second kappa shape index (κ2) is 10.3. The predicted molar refractivity (Wildman–Crippen MR) is 131 cm³/mol. The van der Waals surface area contributed by atoms with Gasteiger partial charge in [-0.1, -0.05) is 38.0 Å². The molecule has 11 heteroatoms. The van der Waals surface area contributed by atoms with Gasteiger partial charge in [0, 0.05) is 30.9 Å². The van der Waals surface area contributed by atoms with Gasteiger partial charge in [-0.05, 0) is 31.7 Å². The third kappa shape index (κ3) is 5.19. The minimum absolute atomic E-state index is 0.127. The fourth-order valence-corrected chi connectivity index (χ4v) is 4.70. The van der Waals surface area contributed by atoms with Crippen LogP contribution in [0.15, 0.2) is 30.5 Å². The first-order valence-corrected chi connectivity index (χ1v) is 12.2. The lowest BCUT2D eigenvalue weighted by atomic mass is 9.93. The van der Waals surface area contributed by atoms with Crippen LogP contribution in [0.2, 0.25) is 0 Å². The van der Waals surface area contributed by atoms with E-state index in [0.29, 0.717) is 38.8 Å². The Morgan fingerprint density at radius 1 is 1.22 bits per heavy atom. The van der Waals surface area contributed by atoms with Gasteiger partial charge in [-0.25, -0.2) is 14.8 Å². The van der Waals surface area contributed by atoms with Gasteiger partial charge in [0.15, 0.2) is 5.69 Å². The number of fused-ring (bicyclic) bond motifs is 1. The SMILES string of the molecule is C#CC(CC)(CC)NC(=O)c1cnc(N2CCC(N3C(=O)OCc4ccccc43)CC2)nc1C(F)(F)F. The van der Waals surface area contributed by atoms with Gasteiger partial charge in [-0.15, -0.1) is 6.42 Å². The monoisotopic (exact) mass is 515 g/mol. The Balaban J connectivity index is 1.53. The first-order chi connectivity index (χ1) is 17.6. The van der Waals surface area contributed by atoms with Gasteiger partial charge in [0.2, 0.25) is 5.95 Å². The molecule has 0 unspecified atom stereocenters. The van der Waals surface area contributed by atoms with Crippen molar-refractivity contribution in [3.8, 4) is 12.3 Å². The number of benzene rings is 1. The third-order valence-electron chi connectivity index (χ3n) is 7.04. The summed E-state index contributed by atoms with van der Waals surface area (Å²) in [7, 11) is 0. The quantitative estimate of drug-likeness (QED) is 0.569. The molecule has 0 radical (unpaired) electrons. The molecule has 2 aliphatic rings. The van der Waals surface area contributed by atoms with E-state index in [0.717, 1.165) is 17.4 Å². The van der Waals surface area contributed by atoms with E-state index < -0.39 is 35.0 Å². The van der Waals surface area contributed by atoms with Crippen LogP contribution in [0.25, 0.3) is 0 Å². The lowest BCUT2D eigenvalue weighted by Gasteiger charge is -2.40. The maximum absolute atomic E-state index is 13.9. The molecule has 37 heavy (non-hydrogen) atoms. The third-order valence-corrected chi connectivity index (χ3v) is 7.04. The van der Waals surface area contributed by atoms with E-state index in [4.69, 9.17) is 11.2 Å². The molecular weight excluding hydrogens is 487 g/mol. The number of nitrogens with zero attached hydrogens (tertiary/aromatic N) is 4. The second-order valence-electron chi connectivity index (χ2n) is 9.09. The second-order valence-corrected chi connectivity index (χ2v) is 9.09. The molecule has 196 valence electrons. The Hall–Kier alpha value is -3.81. The van der Waals surface area contributed by atoms with Crippen LogP contribution in [-0.4, -0.2) is 46.6 Å². The summed E-state index contributed by atoms with van der Waals surface area (Å²) in [5, 5.41) is 2.54. The van der Waals surface area contributed by atoms with Crippen LogP contribution >= 0.6 is 0 Å². The zero-order valence-corrected chi connectivity index (χ0v) is 20.6. The highest BCUT2D eigenvalue weighted by molar-refractivity contribution is 5.96. The van der Waals surface area contributed by atoms with Crippen molar-refractivity contribution in [1.29, 1.82) is 0 Å². The highest BCUT2D eigenvalue weighted by Crippen LogP contribution is 2.34. The molecule has 1 N–H and O–H groups in total. The number of halogens is 3. The molecule has 8 nitrogen and oxygen atoms in total. The van der Waals surface area contributed by atoms with Crippen molar-refractivity contribution in [2.45, 2.75) is 63.9 Å². The number of rotatable bonds is 6. The average molecular weight is 516 g/mol. The summed E-state index contributed by atoms with van der Waals surface area (Å²) in [6.45, 7) is 4.35. The van der Waals surface area contributed by atoms with Gasteiger partial charge in [0.1, 0.15) is 12.1 Å². The molecule has 1 aromatic carbocycles. The molecule has 0 bridgehead atoms. The van der Waals surface area contributed by atoms with Crippen LogP contribution in [0.5, 0.6) is 0 Å². The van der Waals surface area contributed by atoms with Crippen molar-refractivity contribution >= 4 is 23.6 Å². The molecule has 0 spiro atoms. The van der Waals surface area contributed by atoms with Gasteiger partial charge in [0.05, 0.1) is 11.3 Å². The van der Waals surface area contributed by atoms with Gasteiger partial charge >= 0.3 is 12.3 Å². The van der Waals surface area contributed by atoms with Crippen molar-refractivity contribution in [2.75, 3.05) is 22.9 Å². The molecular formula is C26H28F3N5O3. The lowest BCUT2D eigenvalue weighted by molar-refractivity contribution is -0.141. The van der Waals surface area contributed by atoms with Gasteiger partial charge in [-0.3, -0.25) is 9.69 Å².